The van der Waals surface area contributed by atoms with Gasteiger partial charge in [0.25, 0.3) is 11.8 Å². The van der Waals surface area contributed by atoms with Gasteiger partial charge in [0.15, 0.2) is 0 Å². The molecule has 0 aromatic carbocycles. The first-order valence-corrected chi connectivity index (χ1v) is 16.1. The summed E-state index contributed by atoms with van der Waals surface area (Å²) in [6.07, 6.45) is 6.71. The summed E-state index contributed by atoms with van der Waals surface area (Å²) in [6.45, 7) is 4.08. The van der Waals surface area contributed by atoms with E-state index in [1.165, 1.54) is 45.8 Å². The van der Waals surface area contributed by atoms with Gasteiger partial charge in [0.1, 0.15) is 20.2 Å². The molecule has 15 heteroatoms. The van der Waals surface area contributed by atoms with Crippen molar-refractivity contribution in [3.05, 3.63) is 58.1 Å². The lowest BCUT2D eigenvalue weighted by atomic mass is 10.2. The molecule has 3 fully saturated rings. The Balaban J connectivity index is 0.966. The topological polar surface area (TPSA) is 120 Å². The molecule has 3 saturated heterocycles. The molecule has 5 rings (SSSR count). The first-order chi connectivity index (χ1) is 20.8. The van der Waals surface area contributed by atoms with Gasteiger partial charge in [0.05, 0.1) is 22.3 Å². The number of hydrogen-bond acceptors (Lipinski definition) is 11. The maximum Gasteiger partial charge on any atom is 0.266 e. The van der Waals surface area contributed by atoms with E-state index in [2.05, 4.69) is 10.2 Å². The molecule has 2 aromatic rings. The normalized spacial score (nSPS) is 19.9. The predicted octanol–water partition coefficient (Wildman–Crippen LogP) is 3.02. The van der Waals surface area contributed by atoms with E-state index in [0.717, 1.165) is 0 Å². The van der Waals surface area contributed by atoms with E-state index in [-0.39, 0.29) is 49.6 Å². The Bertz CT molecular complexity index is 1440. The minimum atomic E-state index is -0.230. The molecule has 11 nitrogen and oxygen atoms in total. The van der Waals surface area contributed by atoms with Crippen molar-refractivity contribution < 1.29 is 28.0 Å². The van der Waals surface area contributed by atoms with Crippen LogP contribution in [-0.4, -0.2) is 104 Å². The summed E-state index contributed by atoms with van der Waals surface area (Å²) in [5.41, 5.74) is 0. The van der Waals surface area contributed by atoms with Crippen molar-refractivity contribution in [3.8, 4) is 0 Å². The molecule has 0 radical (unpaired) electrons. The number of hydrogen-bond donors (Lipinski definition) is 1. The first kappa shape index (κ1) is 31.2. The van der Waals surface area contributed by atoms with Crippen LogP contribution in [-0.2, 0) is 19.2 Å². The van der Waals surface area contributed by atoms with E-state index in [4.69, 9.17) is 33.3 Å². The average molecular weight is 660 g/mol. The lowest BCUT2D eigenvalue weighted by Gasteiger charge is -2.35. The highest BCUT2D eigenvalue weighted by atomic mass is 32.2. The molecule has 0 aliphatic carbocycles. The van der Waals surface area contributed by atoms with Crippen LogP contribution in [0.25, 0.3) is 12.2 Å². The molecule has 5 heterocycles. The molecule has 43 heavy (non-hydrogen) atoms. The third-order valence-corrected chi connectivity index (χ3v) is 9.72. The van der Waals surface area contributed by atoms with Gasteiger partial charge in [-0.25, -0.2) is 0 Å². The molecule has 226 valence electrons. The third-order valence-electron chi connectivity index (χ3n) is 6.97. The second-order valence-corrected chi connectivity index (χ2v) is 13.1. The van der Waals surface area contributed by atoms with Crippen molar-refractivity contribution in [1.82, 2.24) is 24.9 Å². The quantitative estimate of drug-likeness (QED) is 0.283. The van der Waals surface area contributed by atoms with Crippen LogP contribution < -0.4 is 5.32 Å². The summed E-state index contributed by atoms with van der Waals surface area (Å²) in [7, 11) is 0. The van der Waals surface area contributed by atoms with Crippen molar-refractivity contribution in [2.45, 2.75) is 12.8 Å². The summed E-state index contributed by atoms with van der Waals surface area (Å²) < 4.78 is 11.4. The maximum atomic E-state index is 12.8. The van der Waals surface area contributed by atoms with Crippen molar-refractivity contribution in [2.24, 2.45) is 0 Å². The first-order valence-electron chi connectivity index (χ1n) is 13.6. The summed E-state index contributed by atoms with van der Waals surface area (Å²) >= 11 is 13.1. The minimum Gasteiger partial charge on any atom is -0.465 e. The number of piperazine rings is 1. The zero-order chi connectivity index (χ0) is 30.3. The van der Waals surface area contributed by atoms with E-state index in [0.29, 0.717) is 69.2 Å². The van der Waals surface area contributed by atoms with Gasteiger partial charge in [-0.15, -0.1) is 0 Å². The molecule has 4 amide bonds. The van der Waals surface area contributed by atoms with E-state index in [1.807, 2.05) is 0 Å². The van der Waals surface area contributed by atoms with E-state index in [9.17, 15) is 19.2 Å². The second-order valence-electron chi connectivity index (χ2n) is 9.77. The van der Waals surface area contributed by atoms with Crippen LogP contribution in [0.3, 0.4) is 0 Å². The fourth-order valence-corrected chi connectivity index (χ4v) is 7.21. The van der Waals surface area contributed by atoms with Gasteiger partial charge in [-0.2, -0.15) is 0 Å². The van der Waals surface area contributed by atoms with Crippen LogP contribution in [0.4, 0.5) is 0 Å². The molecule has 0 atom stereocenters. The Hall–Kier alpha value is -3.24. The van der Waals surface area contributed by atoms with Gasteiger partial charge in [0.2, 0.25) is 11.8 Å². The van der Waals surface area contributed by atoms with E-state index >= 15 is 0 Å². The molecule has 0 spiro atoms. The van der Waals surface area contributed by atoms with Gasteiger partial charge in [-0.3, -0.25) is 33.9 Å². The molecular weight excluding hydrogens is 631 g/mol. The number of nitrogens with one attached hydrogen (secondary N) is 1. The number of thioether (sulfide) groups is 2. The van der Waals surface area contributed by atoms with E-state index < -0.39 is 0 Å². The average Bonchev–Trinajstić information content (AvgIpc) is 3.79. The zero-order valence-electron chi connectivity index (χ0n) is 23.1. The number of rotatable bonds is 11. The number of carbonyl (C=O) groups excluding carboxylic acids is 4. The molecule has 3 aliphatic rings. The lowest BCUT2D eigenvalue weighted by Crippen LogP contribution is -2.50. The van der Waals surface area contributed by atoms with Crippen LogP contribution in [0.1, 0.15) is 24.4 Å². The van der Waals surface area contributed by atoms with Gasteiger partial charge < -0.3 is 19.1 Å². The fourth-order valence-electron chi connectivity index (χ4n) is 4.63. The van der Waals surface area contributed by atoms with E-state index in [1.54, 1.807) is 41.3 Å². The van der Waals surface area contributed by atoms with Gasteiger partial charge in [0, 0.05) is 77.4 Å². The third kappa shape index (κ3) is 8.03. The van der Waals surface area contributed by atoms with Crippen LogP contribution in [0.2, 0.25) is 0 Å². The number of thiocarbonyl (C=S) groups is 2. The highest BCUT2D eigenvalue weighted by molar-refractivity contribution is 8.27. The van der Waals surface area contributed by atoms with Gasteiger partial charge >= 0.3 is 0 Å². The van der Waals surface area contributed by atoms with Crippen LogP contribution in [0.15, 0.2) is 55.4 Å². The van der Waals surface area contributed by atoms with Crippen molar-refractivity contribution >= 4 is 92.4 Å². The van der Waals surface area contributed by atoms with Crippen LogP contribution >= 0.6 is 48.0 Å². The second kappa shape index (κ2) is 14.5. The van der Waals surface area contributed by atoms with Gasteiger partial charge in [-0.05, 0) is 24.3 Å². The smallest absolute Gasteiger partial charge is 0.266 e. The highest BCUT2D eigenvalue weighted by Gasteiger charge is 2.34. The molecule has 0 unspecified atom stereocenters. The largest absolute Gasteiger partial charge is 0.465 e. The van der Waals surface area contributed by atoms with Crippen molar-refractivity contribution in [3.63, 3.8) is 0 Å². The Morgan fingerprint density at radius 3 is 1.86 bits per heavy atom. The summed E-state index contributed by atoms with van der Waals surface area (Å²) in [6, 6.07) is 7.00. The molecule has 0 saturated carbocycles. The predicted molar refractivity (Wildman–Crippen MR) is 172 cm³/mol. The summed E-state index contributed by atoms with van der Waals surface area (Å²) in [5.74, 6) is 0.516. The Morgan fingerprint density at radius 2 is 1.35 bits per heavy atom. The van der Waals surface area contributed by atoms with Crippen LogP contribution in [0, 0.1) is 0 Å². The summed E-state index contributed by atoms with van der Waals surface area (Å²) in [4.78, 5) is 58.5. The number of nitrogens with zero attached hydrogens (tertiary/aromatic N) is 4. The SMILES string of the molecule is O=C(CCN1C(=O)/C(=C\c2ccco2)SC1=S)NCCN1CCN(C(=O)CCN2C(=O)/C(=C\c3ccco3)SC2=S)CC1. The number of furan rings is 2. The Morgan fingerprint density at radius 1 is 0.814 bits per heavy atom. The minimum absolute atomic E-state index is 0.0216. The maximum absolute atomic E-state index is 12.8. The monoisotopic (exact) mass is 659 g/mol. The Kier molecular flexibility index (Phi) is 10.5. The van der Waals surface area contributed by atoms with Crippen molar-refractivity contribution in [2.75, 3.05) is 52.4 Å². The van der Waals surface area contributed by atoms with Gasteiger partial charge in [-0.1, -0.05) is 48.0 Å². The Labute approximate surface area is 267 Å². The summed E-state index contributed by atoms with van der Waals surface area (Å²) in [5, 5.41) is 2.90. The fraction of sp³-hybridized carbons (Fsp3) is 0.357. The zero-order valence-corrected chi connectivity index (χ0v) is 26.3. The lowest BCUT2D eigenvalue weighted by molar-refractivity contribution is -0.133. The number of carbonyl (C=O) groups is 4. The number of amides is 4. The highest BCUT2D eigenvalue weighted by Crippen LogP contribution is 2.33. The molecule has 2 aromatic heterocycles. The molecular formula is C28H29N5O6S4. The van der Waals surface area contributed by atoms with Crippen LogP contribution in [0.5, 0.6) is 0 Å². The standard InChI is InChI=1S/C28H29N5O6S4/c34-23(5-8-32-25(36)21(42-27(32)40)17-19-3-1-15-38-19)29-7-10-30-11-13-31(14-12-30)24(35)6-9-33-26(37)22(43-28(33)41)18-20-4-2-16-39-20/h1-4,15-18H,5-14H2,(H,29,34)/b21-17+,22-18+. The molecule has 1 N–H and O–H groups in total. The molecule has 3 aliphatic heterocycles. The molecule has 0 bridgehead atoms. The van der Waals surface area contributed by atoms with Crippen molar-refractivity contribution in [1.29, 1.82) is 0 Å².